The molecule has 0 aliphatic carbocycles. The fraction of sp³-hybridized carbons (Fsp3) is 0.375. The van der Waals surface area contributed by atoms with Crippen molar-refractivity contribution in [2.45, 2.75) is 52.6 Å². The Kier molecular flexibility index (Phi) is 11.5. The van der Waals surface area contributed by atoms with Gasteiger partial charge in [-0.2, -0.15) is 0 Å². The Morgan fingerprint density at radius 2 is 1.56 bits per heavy atom. The van der Waals surface area contributed by atoms with Gasteiger partial charge in [-0.3, -0.25) is 13.9 Å². The summed E-state index contributed by atoms with van der Waals surface area (Å²) in [4.78, 5) is 29.1. The van der Waals surface area contributed by atoms with Crippen LogP contribution in [0.25, 0.3) is 0 Å². The van der Waals surface area contributed by atoms with Crippen LogP contribution in [0.3, 0.4) is 0 Å². The minimum atomic E-state index is -3.67. The average Bonchev–Trinajstić information content (AvgIpc) is 2.93. The fourth-order valence-electron chi connectivity index (χ4n) is 4.56. The molecule has 0 aliphatic rings. The zero-order chi connectivity index (χ0) is 30.0. The number of halogens is 1. The second kappa shape index (κ2) is 14.8. The van der Waals surface area contributed by atoms with Crippen molar-refractivity contribution in [3.05, 3.63) is 101 Å². The van der Waals surface area contributed by atoms with Crippen LogP contribution in [0, 0.1) is 18.7 Å². The summed E-state index contributed by atoms with van der Waals surface area (Å²) < 4.78 is 39.6. The average molecular weight is 582 g/mol. The lowest BCUT2D eigenvalue weighted by Gasteiger charge is -2.32. The molecule has 2 amide bonds. The number of aryl methyl sites for hydroxylation is 1. The van der Waals surface area contributed by atoms with E-state index in [2.05, 4.69) is 5.32 Å². The predicted octanol–water partition coefficient (Wildman–Crippen LogP) is 5.09. The van der Waals surface area contributed by atoms with Crippen molar-refractivity contribution < 1.29 is 22.4 Å². The number of anilines is 1. The van der Waals surface area contributed by atoms with Gasteiger partial charge < -0.3 is 10.2 Å². The van der Waals surface area contributed by atoms with Crippen molar-refractivity contribution in [1.29, 1.82) is 0 Å². The maximum absolute atomic E-state index is 13.9. The van der Waals surface area contributed by atoms with E-state index in [9.17, 15) is 22.4 Å². The standard InChI is InChI=1S/C32H40FN3O4S/c1-24(2)22-34-32(38)30(21-26-12-6-5-7-13-26)35(23-27-14-9-8-11-25(27)3)31(37)15-10-20-36(41(4,39)40)29-18-16-28(33)17-19-29/h5-9,11-14,16-19,24,30H,10,15,20-23H2,1-4H3,(H,34,38). The molecule has 0 fully saturated rings. The Bertz CT molecular complexity index is 1400. The Morgan fingerprint density at radius 1 is 0.927 bits per heavy atom. The predicted molar refractivity (Wildman–Crippen MR) is 161 cm³/mol. The molecule has 0 saturated carbocycles. The number of hydrogen-bond donors (Lipinski definition) is 1. The van der Waals surface area contributed by atoms with E-state index in [4.69, 9.17) is 0 Å². The number of hydrogen-bond acceptors (Lipinski definition) is 4. The molecule has 1 atom stereocenters. The first-order valence-corrected chi connectivity index (χ1v) is 15.7. The highest BCUT2D eigenvalue weighted by molar-refractivity contribution is 7.92. The second-order valence-electron chi connectivity index (χ2n) is 10.7. The number of amides is 2. The van der Waals surface area contributed by atoms with E-state index in [0.29, 0.717) is 18.7 Å². The Balaban J connectivity index is 1.88. The molecule has 0 radical (unpaired) electrons. The van der Waals surface area contributed by atoms with Crippen LogP contribution in [-0.2, 0) is 32.6 Å². The Morgan fingerprint density at radius 3 is 2.17 bits per heavy atom. The first kappa shape index (κ1) is 31.8. The number of benzene rings is 3. The van der Waals surface area contributed by atoms with Gasteiger partial charge in [-0.15, -0.1) is 0 Å². The third kappa shape index (κ3) is 9.70. The maximum Gasteiger partial charge on any atom is 0.243 e. The molecule has 3 rings (SSSR count). The summed E-state index contributed by atoms with van der Waals surface area (Å²) in [6.07, 6.45) is 1.67. The van der Waals surface area contributed by atoms with Crippen molar-refractivity contribution in [2.24, 2.45) is 5.92 Å². The van der Waals surface area contributed by atoms with Crippen molar-refractivity contribution in [2.75, 3.05) is 23.7 Å². The van der Waals surface area contributed by atoms with Crippen LogP contribution in [0.2, 0.25) is 0 Å². The number of sulfonamides is 1. The highest BCUT2D eigenvalue weighted by Gasteiger charge is 2.31. The van der Waals surface area contributed by atoms with Crippen LogP contribution in [0.1, 0.15) is 43.4 Å². The molecule has 0 heterocycles. The van der Waals surface area contributed by atoms with Crippen LogP contribution < -0.4 is 9.62 Å². The molecule has 0 spiro atoms. The highest BCUT2D eigenvalue weighted by Crippen LogP contribution is 2.21. The molecule has 220 valence electrons. The number of carbonyl (C=O) groups excluding carboxylic acids is 2. The number of nitrogens with one attached hydrogen (secondary N) is 1. The second-order valence-corrected chi connectivity index (χ2v) is 12.6. The third-order valence-electron chi connectivity index (χ3n) is 6.82. The van der Waals surface area contributed by atoms with Gasteiger partial charge in [0.15, 0.2) is 0 Å². The van der Waals surface area contributed by atoms with Gasteiger partial charge in [0.05, 0.1) is 11.9 Å². The van der Waals surface area contributed by atoms with Crippen molar-refractivity contribution in [3.8, 4) is 0 Å². The summed E-state index contributed by atoms with van der Waals surface area (Å²) >= 11 is 0. The van der Waals surface area contributed by atoms with Crippen LogP contribution in [0.5, 0.6) is 0 Å². The smallest absolute Gasteiger partial charge is 0.243 e. The van der Waals surface area contributed by atoms with Gasteiger partial charge in [0.2, 0.25) is 21.8 Å². The van der Waals surface area contributed by atoms with E-state index in [-0.39, 0.29) is 43.7 Å². The summed E-state index contributed by atoms with van der Waals surface area (Å²) in [5, 5.41) is 3.01. The zero-order valence-corrected chi connectivity index (χ0v) is 25.0. The molecular formula is C32H40FN3O4S. The topological polar surface area (TPSA) is 86.8 Å². The fourth-order valence-corrected chi connectivity index (χ4v) is 5.52. The minimum Gasteiger partial charge on any atom is -0.354 e. The van der Waals surface area contributed by atoms with Crippen LogP contribution >= 0.6 is 0 Å². The van der Waals surface area contributed by atoms with Gasteiger partial charge in [0, 0.05) is 32.5 Å². The molecule has 0 bridgehead atoms. The number of carbonyl (C=O) groups is 2. The molecule has 3 aromatic rings. The Hall–Kier alpha value is -3.72. The summed E-state index contributed by atoms with van der Waals surface area (Å²) in [5.74, 6) is -0.704. The molecule has 41 heavy (non-hydrogen) atoms. The van der Waals surface area contributed by atoms with Crippen molar-refractivity contribution in [3.63, 3.8) is 0 Å². The monoisotopic (exact) mass is 581 g/mol. The summed E-state index contributed by atoms with van der Waals surface area (Å²) in [7, 11) is -3.67. The van der Waals surface area contributed by atoms with E-state index < -0.39 is 21.9 Å². The third-order valence-corrected chi connectivity index (χ3v) is 8.02. The normalized spacial score (nSPS) is 12.1. The lowest BCUT2D eigenvalue weighted by Crippen LogP contribution is -2.51. The van der Waals surface area contributed by atoms with E-state index >= 15 is 0 Å². The molecule has 7 nitrogen and oxygen atoms in total. The SMILES string of the molecule is Cc1ccccc1CN(C(=O)CCCN(c1ccc(F)cc1)S(C)(=O)=O)C(Cc1ccccc1)C(=O)NCC(C)C. The van der Waals surface area contributed by atoms with Gasteiger partial charge >= 0.3 is 0 Å². The van der Waals surface area contributed by atoms with Gasteiger partial charge in [-0.25, -0.2) is 12.8 Å². The molecule has 9 heteroatoms. The summed E-state index contributed by atoms with van der Waals surface area (Å²) in [5.41, 5.74) is 3.19. The van der Waals surface area contributed by atoms with E-state index in [1.165, 1.54) is 28.6 Å². The lowest BCUT2D eigenvalue weighted by molar-refractivity contribution is -0.141. The summed E-state index contributed by atoms with van der Waals surface area (Å²) in [6.45, 7) is 6.76. The largest absolute Gasteiger partial charge is 0.354 e. The van der Waals surface area contributed by atoms with E-state index in [1.807, 2.05) is 75.4 Å². The highest BCUT2D eigenvalue weighted by atomic mass is 32.2. The first-order chi connectivity index (χ1) is 19.5. The Labute approximate surface area is 243 Å². The van der Waals surface area contributed by atoms with Crippen molar-refractivity contribution >= 4 is 27.5 Å². The van der Waals surface area contributed by atoms with Crippen LogP contribution in [-0.4, -0.2) is 50.5 Å². The van der Waals surface area contributed by atoms with E-state index in [0.717, 1.165) is 22.9 Å². The number of rotatable bonds is 14. The van der Waals surface area contributed by atoms with Crippen LogP contribution in [0.15, 0.2) is 78.9 Å². The van der Waals surface area contributed by atoms with Crippen LogP contribution in [0.4, 0.5) is 10.1 Å². The molecule has 1 unspecified atom stereocenters. The maximum atomic E-state index is 13.9. The van der Waals surface area contributed by atoms with Gasteiger partial charge in [-0.05, 0) is 60.2 Å². The zero-order valence-electron chi connectivity index (χ0n) is 24.2. The molecular weight excluding hydrogens is 541 g/mol. The van der Waals surface area contributed by atoms with Crippen molar-refractivity contribution in [1.82, 2.24) is 10.2 Å². The summed E-state index contributed by atoms with van der Waals surface area (Å²) in [6, 6.07) is 21.8. The first-order valence-electron chi connectivity index (χ1n) is 13.8. The molecule has 0 aliphatic heterocycles. The molecule has 0 saturated heterocycles. The molecule has 1 N–H and O–H groups in total. The number of nitrogens with zero attached hydrogens (tertiary/aromatic N) is 2. The van der Waals surface area contributed by atoms with Gasteiger partial charge in [0.25, 0.3) is 0 Å². The quantitative estimate of drug-likeness (QED) is 0.287. The van der Waals surface area contributed by atoms with Gasteiger partial charge in [0.1, 0.15) is 11.9 Å². The van der Waals surface area contributed by atoms with E-state index in [1.54, 1.807) is 4.90 Å². The molecule has 3 aromatic carbocycles. The van der Waals surface area contributed by atoms with Gasteiger partial charge in [-0.1, -0.05) is 68.4 Å². The minimum absolute atomic E-state index is 0.0296. The lowest BCUT2D eigenvalue weighted by atomic mass is 10.0. The molecule has 0 aromatic heterocycles.